The van der Waals surface area contributed by atoms with Crippen LogP contribution in [0.4, 0.5) is 4.79 Å². The summed E-state index contributed by atoms with van der Waals surface area (Å²) in [6.45, 7) is 3.29. The topological polar surface area (TPSA) is 69.6 Å². The molecule has 0 radical (unpaired) electrons. The molecule has 1 aromatic rings. The van der Waals surface area contributed by atoms with Crippen LogP contribution in [0.1, 0.15) is 31.4 Å². The number of aliphatic carboxylic acids is 1. The van der Waals surface area contributed by atoms with E-state index in [0.717, 1.165) is 12.0 Å². The second-order valence-electron chi connectivity index (χ2n) is 5.26. The number of hydrogen-bond acceptors (Lipinski definition) is 2. The van der Waals surface area contributed by atoms with Crippen molar-refractivity contribution >= 4 is 12.0 Å². The Hall–Kier alpha value is -2.30. The van der Waals surface area contributed by atoms with Gasteiger partial charge in [0.2, 0.25) is 0 Å². The van der Waals surface area contributed by atoms with E-state index in [-0.39, 0.29) is 12.5 Å². The number of carbonyl (C=O) groups excluding carboxylic acids is 1. The van der Waals surface area contributed by atoms with Gasteiger partial charge < -0.3 is 15.3 Å². The van der Waals surface area contributed by atoms with Crippen molar-refractivity contribution in [3.05, 3.63) is 47.5 Å². The van der Waals surface area contributed by atoms with Gasteiger partial charge in [0, 0.05) is 13.1 Å². The lowest BCUT2D eigenvalue weighted by Crippen LogP contribution is -2.44. The number of benzene rings is 1. The maximum Gasteiger partial charge on any atom is 0.318 e. The molecule has 1 unspecified atom stereocenters. The summed E-state index contributed by atoms with van der Waals surface area (Å²) < 4.78 is 0. The van der Waals surface area contributed by atoms with Gasteiger partial charge in [-0.3, -0.25) is 4.79 Å². The number of hydrogen-bond donors (Lipinski definition) is 2. The van der Waals surface area contributed by atoms with E-state index in [1.807, 2.05) is 43.3 Å². The van der Waals surface area contributed by atoms with Crippen LogP contribution in [-0.4, -0.2) is 35.1 Å². The van der Waals surface area contributed by atoms with Gasteiger partial charge in [-0.05, 0) is 18.9 Å². The molecule has 2 rings (SSSR count). The Kier molecular flexibility index (Phi) is 4.98. The lowest BCUT2D eigenvalue weighted by atomic mass is 10.0. The number of carboxylic acid groups (broad SMARTS) is 1. The standard InChI is InChI=1S/C16H20N2O3/c1-12-7-9-18(10-8-12)16(21)17-14(11-15(19)20)13-5-3-2-4-6-13/h2-7,14H,8-11H2,1H3,(H,17,21)(H,19,20). The van der Waals surface area contributed by atoms with Gasteiger partial charge in [-0.25, -0.2) is 4.79 Å². The van der Waals surface area contributed by atoms with Crippen LogP contribution >= 0.6 is 0 Å². The average molecular weight is 288 g/mol. The molecule has 0 saturated carbocycles. The van der Waals surface area contributed by atoms with Crippen molar-refractivity contribution in [2.45, 2.75) is 25.8 Å². The molecule has 1 atom stereocenters. The molecule has 5 heteroatoms. The largest absolute Gasteiger partial charge is 0.481 e. The number of urea groups is 1. The molecular weight excluding hydrogens is 268 g/mol. The SMILES string of the molecule is CC1=CCN(C(=O)NC(CC(=O)O)c2ccccc2)CC1. The number of nitrogens with one attached hydrogen (secondary N) is 1. The summed E-state index contributed by atoms with van der Waals surface area (Å²) in [7, 11) is 0. The van der Waals surface area contributed by atoms with E-state index in [9.17, 15) is 9.59 Å². The van der Waals surface area contributed by atoms with Crippen molar-refractivity contribution in [2.24, 2.45) is 0 Å². The average Bonchev–Trinajstić information content (AvgIpc) is 2.47. The molecule has 1 aromatic carbocycles. The monoisotopic (exact) mass is 288 g/mol. The maximum absolute atomic E-state index is 12.3. The first-order valence-electron chi connectivity index (χ1n) is 7.04. The Morgan fingerprint density at radius 1 is 1.33 bits per heavy atom. The lowest BCUT2D eigenvalue weighted by Gasteiger charge is -2.28. The van der Waals surface area contributed by atoms with Crippen LogP contribution in [0.2, 0.25) is 0 Å². The van der Waals surface area contributed by atoms with Crippen molar-refractivity contribution < 1.29 is 14.7 Å². The minimum absolute atomic E-state index is 0.127. The first-order valence-corrected chi connectivity index (χ1v) is 7.04. The van der Waals surface area contributed by atoms with Crippen LogP contribution in [0.25, 0.3) is 0 Å². The van der Waals surface area contributed by atoms with Gasteiger partial charge in [0.25, 0.3) is 0 Å². The van der Waals surface area contributed by atoms with Crippen LogP contribution in [0.3, 0.4) is 0 Å². The third-order valence-corrected chi connectivity index (χ3v) is 3.60. The van der Waals surface area contributed by atoms with Gasteiger partial charge in [0.05, 0.1) is 12.5 Å². The quantitative estimate of drug-likeness (QED) is 0.837. The highest BCUT2D eigenvalue weighted by Crippen LogP contribution is 2.18. The molecular formula is C16H20N2O3. The van der Waals surface area contributed by atoms with E-state index < -0.39 is 12.0 Å². The Morgan fingerprint density at radius 2 is 2.05 bits per heavy atom. The summed E-state index contributed by atoms with van der Waals surface area (Å²) in [5.74, 6) is -0.932. The first kappa shape index (κ1) is 15.1. The summed E-state index contributed by atoms with van der Waals surface area (Å²) in [5.41, 5.74) is 2.08. The van der Waals surface area contributed by atoms with E-state index in [1.165, 1.54) is 5.57 Å². The molecule has 21 heavy (non-hydrogen) atoms. The van der Waals surface area contributed by atoms with Gasteiger partial charge in [-0.15, -0.1) is 0 Å². The van der Waals surface area contributed by atoms with Crippen molar-refractivity contribution in [3.8, 4) is 0 Å². The Balaban J connectivity index is 2.05. The van der Waals surface area contributed by atoms with Crippen LogP contribution < -0.4 is 5.32 Å². The summed E-state index contributed by atoms with van der Waals surface area (Å²) >= 11 is 0. The third kappa shape index (κ3) is 4.34. The van der Waals surface area contributed by atoms with Crippen LogP contribution in [0.5, 0.6) is 0 Å². The van der Waals surface area contributed by atoms with Gasteiger partial charge in [-0.1, -0.05) is 42.0 Å². The molecule has 1 aliphatic heterocycles. The fourth-order valence-electron chi connectivity index (χ4n) is 2.31. The molecule has 0 bridgehead atoms. The summed E-state index contributed by atoms with van der Waals surface area (Å²) in [6.07, 6.45) is 2.76. The number of carbonyl (C=O) groups is 2. The number of amides is 2. The fourth-order valence-corrected chi connectivity index (χ4v) is 2.31. The third-order valence-electron chi connectivity index (χ3n) is 3.60. The Bertz CT molecular complexity index is 540. The molecule has 0 aliphatic carbocycles. The number of rotatable bonds is 4. The molecule has 0 aromatic heterocycles. The highest BCUT2D eigenvalue weighted by atomic mass is 16.4. The van der Waals surface area contributed by atoms with Crippen LogP contribution in [-0.2, 0) is 4.79 Å². The predicted molar refractivity (Wildman–Crippen MR) is 79.9 cm³/mol. The van der Waals surface area contributed by atoms with E-state index in [0.29, 0.717) is 13.1 Å². The zero-order valence-corrected chi connectivity index (χ0v) is 12.1. The molecule has 1 aliphatic rings. The smallest absolute Gasteiger partial charge is 0.318 e. The summed E-state index contributed by atoms with van der Waals surface area (Å²) in [5, 5.41) is 11.9. The normalized spacial score (nSPS) is 16.0. The lowest BCUT2D eigenvalue weighted by molar-refractivity contribution is -0.137. The second kappa shape index (κ2) is 6.92. The summed E-state index contributed by atoms with van der Waals surface area (Å²) in [6, 6.07) is 8.47. The highest BCUT2D eigenvalue weighted by molar-refractivity contribution is 5.76. The number of nitrogens with zero attached hydrogens (tertiary/aromatic N) is 1. The minimum atomic E-state index is -0.932. The minimum Gasteiger partial charge on any atom is -0.481 e. The van der Waals surface area contributed by atoms with Crippen molar-refractivity contribution in [1.29, 1.82) is 0 Å². The van der Waals surface area contributed by atoms with Crippen molar-refractivity contribution in [2.75, 3.05) is 13.1 Å². The van der Waals surface area contributed by atoms with E-state index in [1.54, 1.807) is 4.90 Å². The van der Waals surface area contributed by atoms with Gasteiger partial charge in [0.1, 0.15) is 0 Å². The highest BCUT2D eigenvalue weighted by Gasteiger charge is 2.22. The van der Waals surface area contributed by atoms with Crippen molar-refractivity contribution in [3.63, 3.8) is 0 Å². The molecule has 1 heterocycles. The zero-order valence-electron chi connectivity index (χ0n) is 12.1. The maximum atomic E-state index is 12.3. The van der Waals surface area contributed by atoms with E-state index in [4.69, 9.17) is 5.11 Å². The Labute approximate surface area is 124 Å². The van der Waals surface area contributed by atoms with Crippen LogP contribution in [0, 0.1) is 0 Å². The van der Waals surface area contributed by atoms with Gasteiger partial charge in [0.15, 0.2) is 0 Å². The fraction of sp³-hybridized carbons (Fsp3) is 0.375. The molecule has 112 valence electrons. The summed E-state index contributed by atoms with van der Waals surface area (Å²) in [4.78, 5) is 25.0. The van der Waals surface area contributed by atoms with E-state index in [2.05, 4.69) is 5.32 Å². The molecule has 0 spiro atoms. The predicted octanol–water partition coefficient (Wildman–Crippen LogP) is 2.56. The second-order valence-corrected chi connectivity index (χ2v) is 5.26. The molecule has 0 fully saturated rings. The zero-order chi connectivity index (χ0) is 15.2. The molecule has 5 nitrogen and oxygen atoms in total. The van der Waals surface area contributed by atoms with Crippen molar-refractivity contribution in [1.82, 2.24) is 10.2 Å². The molecule has 2 N–H and O–H groups in total. The van der Waals surface area contributed by atoms with Crippen LogP contribution in [0.15, 0.2) is 42.0 Å². The Morgan fingerprint density at radius 3 is 2.62 bits per heavy atom. The van der Waals surface area contributed by atoms with Gasteiger partial charge >= 0.3 is 12.0 Å². The van der Waals surface area contributed by atoms with Gasteiger partial charge in [-0.2, -0.15) is 0 Å². The van der Waals surface area contributed by atoms with E-state index >= 15 is 0 Å². The molecule has 0 saturated heterocycles. The first-order chi connectivity index (χ1) is 10.1. The molecule has 2 amide bonds. The number of carboxylic acids is 1.